The molecule has 0 bridgehead atoms. The summed E-state index contributed by atoms with van der Waals surface area (Å²) in [5.74, 6) is -0.783. The number of methoxy groups -OCH3 is 1. The molecule has 0 aromatic rings. The first-order valence-electron chi connectivity index (χ1n) is 6.82. The Hall–Kier alpha value is -1.18. The lowest BCUT2D eigenvalue weighted by Crippen LogP contribution is -2.38. The Kier molecular flexibility index (Phi) is 8.93. The number of nitrogens with zero attached hydrogens (tertiary/aromatic N) is 1. The van der Waals surface area contributed by atoms with Crippen molar-refractivity contribution in [2.45, 2.75) is 12.8 Å². The van der Waals surface area contributed by atoms with Crippen LogP contribution in [0.25, 0.3) is 0 Å². The normalized spacial score (nSPS) is 15.8. The number of ether oxygens (including phenoxy) is 4. The van der Waals surface area contributed by atoms with Gasteiger partial charge in [-0.05, 0) is 0 Å². The molecule has 0 N–H and O–H groups in total. The van der Waals surface area contributed by atoms with Crippen molar-refractivity contribution >= 4 is 11.9 Å². The predicted octanol–water partition coefficient (Wildman–Crippen LogP) is -0.168. The van der Waals surface area contributed by atoms with Crippen LogP contribution in [0.15, 0.2) is 0 Å². The topological polar surface area (TPSA) is 74.3 Å². The quantitative estimate of drug-likeness (QED) is 0.431. The van der Waals surface area contributed by atoms with Gasteiger partial charge in [0, 0.05) is 26.7 Å². The average molecular weight is 289 g/mol. The minimum atomic E-state index is -0.410. The zero-order valence-electron chi connectivity index (χ0n) is 12.0. The summed E-state index contributed by atoms with van der Waals surface area (Å²) >= 11 is 0. The molecule has 0 atom stereocenters. The Morgan fingerprint density at radius 3 is 2.20 bits per heavy atom. The number of hydrogen-bond donors (Lipinski definition) is 0. The van der Waals surface area contributed by atoms with E-state index in [0.29, 0.717) is 19.8 Å². The minimum absolute atomic E-state index is 0.0418. The molecule has 1 aliphatic rings. The number of esters is 2. The summed E-state index contributed by atoms with van der Waals surface area (Å²) < 4.78 is 19.9. The highest BCUT2D eigenvalue weighted by Gasteiger charge is 2.12. The Balaban J connectivity index is 1.98. The second kappa shape index (κ2) is 10.6. The molecule has 1 heterocycles. The first-order valence-corrected chi connectivity index (χ1v) is 6.82. The van der Waals surface area contributed by atoms with Crippen molar-refractivity contribution < 1.29 is 28.5 Å². The molecule has 1 fully saturated rings. The van der Waals surface area contributed by atoms with E-state index < -0.39 is 5.97 Å². The predicted molar refractivity (Wildman–Crippen MR) is 70.3 cm³/mol. The van der Waals surface area contributed by atoms with Crippen LogP contribution in [0.3, 0.4) is 0 Å². The van der Waals surface area contributed by atoms with Crippen LogP contribution in [-0.2, 0) is 28.5 Å². The monoisotopic (exact) mass is 289 g/mol. The third-order valence-corrected chi connectivity index (χ3v) is 2.86. The van der Waals surface area contributed by atoms with Crippen molar-refractivity contribution in [3.05, 3.63) is 0 Å². The van der Waals surface area contributed by atoms with Crippen LogP contribution in [0, 0.1) is 0 Å². The zero-order chi connectivity index (χ0) is 14.6. The molecule has 7 heteroatoms. The first kappa shape index (κ1) is 16.9. The molecule has 20 heavy (non-hydrogen) atoms. The van der Waals surface area contributed by atoms with E-state index >= 15 is 0 Å². The molecule has 0 unspecified atom stereocenters. The minimum Gasteiger partial charge on any atom is -0.464 e. The second-order valence-electron chi connectivity index (χ2n) is 4.39. The van der Waals surface area contributed by atoms with Crippen molar-refractivity contribution in [3.63, 3.8) is 0 Å². The van der Waals surface area contributed by atoms with Gasteiger partial charge in [0.25, 0.3) is 0 Å². The number of hydrogen-bond acceptors (Lipinski definition) is 7. The van der Waals surface area contributed by atoms with E-state index in [0.717, 1.165) is 26.3 Å². The van der Waals surface area contributed by atoms with Crippen LogP contribution >= 0.6 is 0 Å². The zero-order valence-corrected chi connectivity index (χ0v) is 12.0. The summed E-state index contributed by atoms with van der Waals surface area (Å²) in [6.45, 7) is 4.79. The van der Waals surface area contributed by atoms with E-state index in [1.54, 1.807) is 0 Å². The van der Waals surface area contributed by atoms with Crippen LogP contribution in [0.1, 0.15) is 12.8 Å². The van der Waals surface area contributed by atoms with E-state index in [2.05, 4.69) is 4.90 Å². The highest BCUT2D eigenvalue weighted by atomic mass is 16.6. The highest BCUT2D eigenvalue weighted by molar-refractivity contribution is 5.77. The largest absolute Gasteiger partial charge is 0.464 e. The molecule has 0 spiro atoms. The lowest BCUT2D eigenvalue weighted by Gasteiger charge is -2.26. The van der Waals surface area contributed by atoms with Crippen LogP contribution in [0.2, 0.25) is 0 Å². The summed E-state index contributed by atoms with van der Waals surface area (Å²) in [7, 11) is 1.53. The summed E-state index contributed by atoms with van der Waals surface area (Å²) in [6.07, 6.45) is 0.0923. The van der Waals surface area contributed by atoms with Crippen molar-refractivity contribution in [2.75, 3.05) is 59.8 Å². The molecule has 0 radical (unpaired) electrons. The summed E-state index contributed by atoms with van der Waals surface area (Å²) in [5, 5.41) is 0. The van der Waals surface area contributed by atoms with Gasteiger partial charge in [-0.3, -0.25) is 14.5 Å². The van der Waals surface area contributed by atoms with Gasteiger partial charge in [-0.2, -0.15) is 0 Å². The van der Waals surface area contributed by atoms with Crippen LogP contribution < -0.4 is 0 Å². The Labute approximate surface area is 119 Å². The third-order valence-electron chi connectivity index (χ3n) is 2.86. The van der Waals surface area contributed by atoms with Gasteiger partial charge in [0.2, 0.25) is 0 Å². The number of carbonyl (C=O) groups is 2. The van der Waals surface area contributed by atoms with E-state index in [1.165, 1.54) is 7.11 Å². The van der Waals surface area contributed by atoms with Gasteiger partial charge in [-0.25, -0.2) is 0 Å². The van der Waals surface area contributed by atoms with E-state index in [1.807, 2.05) is 0 Å². The number of morpholine rings is 1. The molecule has 0 amide bonds. The molecule has 0 aromatic carbocycles. The highest BCUT2D eigenvalue weighted by Crippen LogP contribution is 1.99. The molecule has 7 nitrogen and oxygen atoms in total. The Morgan fingerprint density at radius 2 is 1.60 bits per heavy atom. The molecular formula is C13H23NO6. The summed E-state index contributed by atoms with van der Waals surface area (Å²) in [4.78, 5) is 24.8. The lowest BCUT2D eigenvalue weighted by atomic mass is 10.3. The SMILES string of the molecule is COCCOC(=O)CCC(=O)OCCN1CCOCC1. The molecule has 116 valence electrons. The van der Waals surface area contributed by atoms with Crippen molar-refractivity contribution in [1.82, 2.24) is 4.90 Å². The standard InChI is InChI=1S/C13H23NO6/c1-17-10-11-20-13(16)3-2-12(15)19-9-6-14-4-7-18-8-5-14/h2-11H2,1H3. The lowest BCUT2D eigenvalue weighted by molar-refractivity contribution is -0.151. The van der Waals surface area contributed by atoms with Gasteiger partial charge < -0.3 is 18.9 Å². The maximum Gasteiger partial charge on any atom is 0.306 e. The van der Waals surface area contributed by atoms with Gasteiger partial charge in [0.05, 0.1) is 32.7 Å². The molecule has 0 aliphatic carbocycles. The van der Waals surface area contributed by atoms with Gasteiger partial charge in [-0.1, -0.05) is 0 Å². The third kappa shape index (κ3) is 8.08. The van der Waals surface area contributed by atoms with E-state index in [-0.39, 0.29) is 25.4 Å². The molecular weight excluding hydrogens is 266 g/mol. The Morgan fingerprint density at radius 1 is 1.00 bits per heavy atom. The maximum atomic E-state index is 11.4. The fourth-order valence-electron chi connectivity index (χ4n) is 1.70. The van der Waals surface area contributed by atoms with Gasteiger partial charge >= 0.3 is 11.9 Å². The van der Waals surface area contributed by atoms with Crippen LogP contribution in [0.5, 0.6) is 0 Å². The van der Waals surface area contributed by atoms with Crippen LogP contribution in [-0.4, -0.2) is 76.6 Å². The van der Waals surface area contributed by atoms with E-state index in [4.69, 9.17) is 18.9 Å². The molecule has 0 saturated carbocycles. The summed E-state index contributed by atoms with van der Waals surface area (Å²) in [6, 6.07) is 0. The van der Waals surface area contributed by atoms with Gasteiger partial charge in [0.15, 0.2) is 0 Å². The van der Waals surface area contributed by atoms with Crippen molar-refractivity contribution in [2.24, 2.45) is 0 Å². The summed E-state index contributed by atoms with van der Waals surface area (Å²) in [5.41, 5.74) is 0. The maximum absolute atomic E-state index is 11.4. The molecule has 1 saturated heterocycles. The number of rotatable bonds is 9. The fourth-order valence-corrected chi connectivity index (χ4v) is 1.70. The number of carbonyl (C=O) groups excluding carboxylic acids is 2. The van der Waals surface area contributed by atoms with Gasteiger partial charge in [0.1, 0.15) is 13.2 Å². The average Bonchev–Trinajstić information content (AvgIpc) is 2.46. The van der Waals surface area contributed by atoms with E-state index in [9.17, 15) is 9.59 Å². The van der Waals surface area contributed by atoms with Gasteiger partial charge in [-0.15, -0.1) is 0 Å². The fraction of sp³-hybridized carbons (Fsp3) is 0.846. The molecule has 0 aromatic heterocycles. The van der Waals surface area contributed by atoms with Crippen molar-refractivity contribution in [1.29, 1.82) is 0 Å². The second-order valence-corrected chi connectivity index (χ2v) is 4.39. The molecule has 1 rings (SSSR count). The van der Waals surface area contributed by atoms with Crippen LogP contribution in [0.4, 0.5) is 0 Å². The Bertz CT molecular complexity index is 291. The molecule has 1 aliphatic heterocycles. The first-order chi connectivity index (χ1) is 9.72. The smallest absolute Gasteiger partial charge is 0.306 e. The van der Waals surface area contributed by atoms with Crippen molar-refractivity contribution in [3.8, 4) is 0 Å².